The van der Waals surface area contributed by atoms with E-state index in [4.69, 9.17) is 9.47 Å². The molecular weight excluding hydrogens is 288 g/mol. The molecule has 2 rings (SSSR count). The van der Waals surface area contributed by atoms with Gasteiger partial charge < -0.3 is 9.47 Å². The molecule has 23 heavy (non-hydrogen) atoms. The van der Waals surface area contributed by atoms with Crippen LogP contribution in [0.4, 0.5) is 0 Å². The van der Waals surface area contributed by atoms with Crippen molar-refractivity contribution in [3.63, 3.8) is 0 Å². The van der Waals surface area contributed by atoms with Crippen LogP contribution in [0.25, 0.3) is 0 Å². The van der Waals surface area contributed by atoms with E-state index >= 15 is 0 Å². The standard InChI is InChI=1S/C20H28O3/c1-3-23-20(21)14-11-18(17-7-5-4-6-8-17)15-16-9-12-19(22-2)13-10-16/h9-10,12-13H,3-8,11,14-15H2,1-2H3. The first-order valence-electron chi connectivity index (χ1n) is 8.71. The largest absolute Gasteiger partial charge is 0.497 e. The summed E-state index contributed by atoms with van der Waals surface area (Å²) in [5, 5.41) is 0. The van der Waals surface area contributed by atoms with Crippen LogP contribution in [-0.4, -0.2) is 19.7 Å². The lowest BCUT2D eigenvalue weighted by Gasteiger charge is -2.20. The van der Waals surface area contributed by atoms with E-state index in [0.29, 0.717) is 13.0 Å². The van der Waals surface area contributed by atoms with Gasteiger partial charge in [-0.15, -0.1) is 0 Å². The molecule has 1 aromatic carbocycles. The third-order valence-corrected chi connectivity index (χ3v) is 4.47. The van der Waals surface area contributed by atoms with Crippen LogP contribution in [0.2, 0.25) is 0 Å². The van der Waals surface area contributed by atoms with Gasteiger partial charge in [-0.25, -0.2) is 0 Å². The maximum absolute atomic E-state index is 11.7. The van der Waals surface area contributed by atoms with Crippen LogP contribution in [0.5, 0.6) is 5.75 Å². The summed E-state index contributed by atoms with van der Waals surface area (Å²) in [4.78, 5) is 11.7. The molecule has 0 N–H and O–H groups in total. The van der Waals surface area contributed by atoms with Crippen molar-refractivity contribution in [2.45, 2.75) is 58.3 Å². The second kappa shape index (κ2) is 9.39. The van der Waals surface area contributed by atoms with Crippen LogP contribution < -0.4 is 4.74 Å². The highest BCUT2D eigenvalue weighted by Gasteiger charge is 2.14. The summed E-state index contributed by atoms with van der Waals surface area (Å²) in [5.74, 6) is 0.795. The second-order valence-corrected chi connectivity index (χ2v) is 6.10. The van der Waals surface area contributed by atoms with E-state index in [1.165, 1.54) is 43.2 Å². The number of hydrogen-bond acceptors (Lipinski definition) is 3. The molecule has 0 aromatic heterocycles. The molecule has 3 heteroatoms. The summed E-state index contributed by atoms with van der Waals surface area (Å²) in [7, 11) is 1.68. The van der Waals surface area contributed by atoms with Crippen molar-refractivity contribution in [3.05, 3.63) is 41.0 Å². The van der Waals surface area contributed by atoms with Crippen molar-refractivity contribution < 1.29 is 14.3 Å². The Morgan fingerprint density at radius 2 is 1.74 bits per heavy atom. The summed E-state index contributed by atoms with van der Waals surface area (Å²) >= 11 is 0. The fourth-order valence-corrected chi connectivity index (χ4v) is 3.20. The van der Waals surface area contributed by atoms with Crippen molar-refractivity contribution in [2.24, 2.45) is 0 Å². The highest BCUT2D eigenvalue weighted by Crippen LogP contribution is 2.30. The first-order chi connectivity index (χ1) is 11.2. The fourth-order valence-electron chi connectivity index (χ4n) is 3.20. The minimum Gasteiger partial charge on any atom is -0.497 e. The van der Waals surface area contributed by atoms with E-state index < -0.39 is 0 Å². The summed E-state index contributed by atoms with van der Waals surface area (Å²) in [5.41, 5.74) is 4.28. The van der Waals surface area contributed by atoms with Crippen molar-refractivity contribution >= 4 is 5.97 Å². The van der Waals surface area contributed by atoms with Crippen molar-refractivity contribution in [1.82, 2.24) is 0 Å². The van der Waals surface area contributed by atoms with Gasteiger partial charge in [0.2, 0.25) is 0 Å². The Morgan fingerprint density at radius 1 is 1.04 bits per heavy atom. The number of carbonyl (C=O) groups excluding carboxylic acids is 1. The number of rotatable bonds is 7. The van der Waals surface area contributed by atoms with Crippen LogP contribution in [0.3, 0.4) is 0 Å². The molecule has 0 bridgehead atoms. The van der Waals surface area contributed by atoms with Crippen LogP contribution in [0.1, 0.15) is 57.4 Å². The lowest BCUT2D eigenvalue weighted by Crippen LogP contribution is -2.07. The molecule has 126 valence electrons. The summed E-state index contributed by atoms with van der Waals surface area (Å²) < 4.78 is 10.3. The molecular formula is C20H28O3. The first-order valence-corrected chi connectivity index (χ1v) is 8.71. The first kappa shape index (κ1) is 17.6. The van der Waals surface area contributed by atoms with E-state index in [1.54, 1.807) is 12.7 Å². The van der Waals surface area contributed by atoms with E-state index in [1.807, 2.05) is 19.1 Å². The maximum Gasteiger partial charge on any atom is 0.306 e. The zero-order valence-electron chi connectivity index (χ0n) is 14.4. The Kier molecular flexibility index (Phi) is 7.18. The maximum atomic E-state index is 11.7. The molecule has 0 amide bonds. The molecule has 1 fully saturated rings. The van der Waals surface area contributed by atoms with Gasteiger partial charge in [0.15, 0.2) is 0 Å². The number of benzene rings is 1. The zero-order chi connectivity index (χ0) is 16.5. The van der Waals surface area contributed by atoms with Crippen molar-refractivity contribution in [1.29, 1.82) is 0 Å². The number of ether oxygens (including phenoxy) is 2. The molecule has 3 nitrogen and oxygen atoms in total. The van der Waals surface area contributed by atoms with Gasteiger partial charge in [-0.2, -0.15) is 0 Å². The fraction of sp³-hybridized carbons (Fsp3) is 0.550. The zero-order valence-corrected chi connectivity index (χ0v) is 14.4. The predicted molar refractivity (Wildman–Crippen MR) is 92.7 cm³/mol. The number of hydrogen-bond donors (Lipinski definition) is 0. The van der Waals surface area contributed by atoms with Crippen LogP contribution in [0, 0.1) is 0 Å². The highest BCUT2D eigenvalue weighted by atomic mass is 16.5. The lowest BCUT2D eigenvalue weighted by molar-refractivity contribution is -0.143. The average molecular weight is 316 g/mol. The van der Waals surface area contributed by atoms with Crippen LogP contribution in [0.15, 0.2) is 35.4 Å². The third kappa shape index (κ3) is 5.74. The van der Waals surface area contributed by atoms with Crippen molar-refractivity contribution in [2.75, 3.05) is 13.7 Å². The second-order valence-electron chi connectivity index (χ2n) is 6.10. The van der Waals surface area contributed by atoms with Gasteiger partial charge >= 0.3 is 5.97 Å². The molecule has 0 saturated heterocycles. The minimum absolute atomic E-state index is 0.0869. The highest BCUT2D eigenvalue weighted by molar-refractivity contribution is 5.69. The number of carbonyl (C=O) groups is 1. The smallest absolute Gasteiger partial charge is 0.306 e. The predicted octanol–water partition coefficient (Wildman–Crippen LogP) is 4.84. The number of allylic oxidation sites excluding steroid dienone is 2. The summed E-state index contributed by atoms with van der Waals surface area (Å²) in [6.45, 7) is 2.32. The van der Waals surface area contributed by atoms with E-state index in [2.05, 4.69) is 12.1 Å². The number of esters is 1. The monoisotopic (exact) mass is 316 g/mol. The molecule has 1 saturated carbocycles. The van der Waals surface area contributed by atoms with Gasteiger partial charge in [-0.05, 0) is 63.1 Å². The Morgan fingerprint density at radius 3 is 2.35 bits per heavy atom. The summed E-state index contributed by atoms with van der Waals surface area (Å²) in [6, 6.07) is 8.24. The third-order valence-electron chi connectivity index (χ3n) is 4.47. The molecule has 0 radical (unpaired) electrons. The topological polar surface area (TPSA) is 35.5 Å². The Hall–Kier alpha value is -1.77. The van der Waals surface area contributed by atoms with Crippen molar-refractivity contribution in [3.8, 4) is 5.75 Å². The number of methoxy groups -OCH3 is 1. The summed E-state index contributed by atoms with van der Waals surface area (Å²) in [6.07, 6.45) is 8.50. The van der Waals surface area contributed by atoms with Gasteiger partial charge in [0, 0.05) is 6.42 Å². The Bertz CT molecular complexity index is 520. The van der Waals surface area contributed by atoms with E-state index in [0.717, 1.165) is 18.6 Å². The minimum atomic E-state index is -0.0869. The van der Waals surface area contributed by atoms with Gasteiger partial charge in [0.05, 0.1) is 13.7 Å². The van der Waals surface area contributed by atoms with Gasteiger partial charge in [0.1, 0.15) is 5.75 Å². The molecule has 0 aliphatic heterocycles. The van der Waals surface area contributed by atoms with E-state index in [9.17, 15) is 4.79 Å². The van der Waals surface area contributed by atoms with E-state index in [-0.39, 0.29) is 5.97 Å². The SMILES string of the molecule is CCOC(=O)CCC(Cc1ccc(OC)cc1)=C1CCCCC1. The Balaban J connectivity index is 2.07. The molecule has 0 heterocycles. The van der Waals surface area contributed by atoms with Crippen LogP contribution >= 0.6 is 0 Å². The van der Waals surface area contributed by atoms with Crippen LogP contribution in [-0.2, 0) is 16.0 Å². The molecule has 0 atom stereocenters. The lowest BCUT2D eigenvalue weighted by atomic mass is 9.87. The van der Waals surface area contributed by atoms with Gasteiger partial charge in [0.25, 0.3) is 0 Å². The molecule has 1 aliphatic carbocycles. The average Bonchev–Trinajstić information content (AvgIpc) is 2.60. The molecule has 0 unspecified atom stereocenters. The quantitative estimate of drug-likeness (QED) is 0.533. The molecule has 1 aromatic rings. The van der Waals surface area contributed by atoms with Gasteiger partial charge in [-0.1, -0.05) is 29.7 Å². The Labute approximate surface area is 139 Å². The molecule has 1 aliphatic rings. The normalized spacial score (nSPS) is 14.4. The molecule has 0 spiro atoms. The van der Waals surface area contributed by atoms with Gasteiger partial charge in [-0.3, -0.25) is 4.79 Å².